The average molecular weight is 297 g/mol. The van der Waals surface area contributed by atoms with Crippen molar-refractivity contribution in [2.75, 3.05) is 31.9 Å². The third kappa shape index (κ3) is 3.83. The summed E-state index contributed by atoms with van der Waals surface area (Å²) in [5, 5.41) is 3.28. The van der Waals surface area contributed by atoms with Crippen molar-refractivity contribution < 1.29 is 8.42 Å². The van der Waals surface area contributed by atoms with Crippen molar-refractivity contribution in [3.63, 3.8) is 0 Å². The first-order valence-electron chi connectivity index (χ1n) is 6.66. The van der Waals surface area contributed by atoms with Gasteiger partial charge in [-0.15, -0.1) is 12.4 Å². The Morgan fingerprint density at radius 1 is 1.33 bits per heavy atom. The van der Waals surface area contributed by atoms with Gasteiger partial charge >= 0.3 is 0 Å². The van der Waals surface area contributed by atoms with Crippen molar-refractivity contribution >= 4 is 22.2 Å². The molecular formula is C12H25ClN2O2S. The molecule has 2 rings (SSSR count). The van der Waals surface area contributed by atoms with E-state index in [1.54, 1.807) is 13.8 Å². The number of nitrogens with one attached hydrogen (secondary N) is 1. The van der Waals surface area contributed by atoms with Crippen molar-refractivity contribution in [2.45, 2.75) is 38.0 Å². The molecule has 2 aliphatic heterocycles. The highest BCUT2D eigenvalue weighted by molar-refractivity contribution is 7.92. The van der Waals surface area contributed by atoms with Gasteiger partial charge in [0.15, 0.2) is 9.84 Å². The first-order valence-corrected chi connectivity index (χ1v) is 8.38. The van der Waals surface area contributed by atoms with Crippen molar-refractivity contribution in [3.8, 4) is 0 Å². The molecule has 0 saturated carbocycles. The van der Waals surface area contributed by atoms with Crippen LogP contribution in [0.3, 0.4) is 0 Å². The Hall–Kier alpha value is 0.160. The molecule has 0 amide bonds. The average Bonchev–Trinajstić information content (AvgIpc) is 2.73. The van der Waals surface area contributed by atoms with Gasteiger partial charge in [0.25, 0.3) is 0 Å². The van der Waals surface area contributed by atoms with Crippen LogP contribution < -0.4 is 5.32 Å². The van der Waals surface area contributed by atoms with Crippen molar-refractivity contribution in [1.29, 1.82) is 0 Å². The standard InChI is InChI=1S/C12H24N2O2S.ClH/c1-10(2)17(15,16)8-7-14-6-4-12-11(9-14)3-5-13-12;/h10-13H,3-9H2,1-2H3;1H. The summed E-state index contributed by atoms with van der Waals surface area (Å²) in [6.07, 6.45) is 2.42. The number of hydrogen-bond acceptors (Lipinski definition) is 4. The highest BCUT2D eigenvalue weighted by atomic mass is 35.5. The van der Waals surface area contributed by atoms with Gasteiger partial charge in [-0.25, -0.2) is 8.42 Å². The quantitative estimate of drug-likeness (QED) is 0.838. The maximum Gasteiger partial charge on any atom is 0.153 e. The molecule has 0 spiro atoms. The Morgan fingerprint density at radius 2 is 2.06 bits per heavy atom. The van der Waals surface area contributed by atoms with E-state index >= 15 is 0 Å². The van der Waals surface area contributed by atoms with E-state index in [2.05, 4.69) is 10.2 Å². The number of fused-ring (bicyclic) bond motifs is 1. The smallest absolute Gasteiger partial charge is 0.153 e. The van der Waals surface area contributed by atoms with E-state index in [-0.39, 0.29) is 17.7 Å². The van der Waals surface area contributed by atoms with E-state index in [4.69, 9.17) is 0 Å². The van der Waals surface area contributed by atoms with Gasteiger partial charge in [0.2, 0.25) is 0 Å². The Bertz CT molecular complexity index is 359. The molecule has 0 aliphatic carbocycles. The maximum absolute atomic E-state index is 11.8. The second-order valence-electron chi connectivity index (χ2n) is 5.61. The number of sulfone groups is 1. The minimum Gasteiger partial charge on any atom is -0.314 e. The van der Waals surface area contributed by atoms with Crippen LogP contribution in [0.1, 0.15) is 26.7 Å². The molecule has 6 heteroatoms. The molecule has 0 aromatic heterocycles. The maximum atomic E-state index is 11.8. The SMILES string of the molecule is CC(C)S(=O)(=O)CCN1CCC2NCCC2C1.Cl. The number of nitrogens with zero attached hydrogens (tertiary/aromatic N) is 1. The number of rotatable bonds is 4. The molecule has 4 nitrogen and oxygen atoms in total. The Kier molecular flexibility index (Phi) is 5.90. The number of halogens is 1. The fourth-order valence-corrected chi connectivity index (χ4v) is 3.80. The van der Waals surface area contributed by atoms with E-state index in [0.717, 1.165) is 25.6 Å². The van der Waals surface area contributed by atoms with Gasteiger partial charge in [-0.05, 0) is 45.7 Å². The third-order valence-electron chi connectivity index (χ3n) is 4.15. The van der Waals surface area contributed by atoms with Crippen LogP contribution in [0.4, 0.5) is 0 Å². The van der Waals surface area contributed by atoms with Gasteiger partial charge in [-0.1, -0.05) is 0 Å². The molecule has 0 aromatic rings. The van der Waals surface area contributed by atoms with Crippen LogP contribution in [0.5, 0.6) is 0 Å². The minimum absolute atomic E-state index is 0. The summed E-state index contributed by atoms with van der Waals surface area (Å²) in [5.74, 6) is 1.06. The second-order valence-corrected chi connectivity index (χ2v) is 8.29. The summed E-state index contributed by atoms with van der Waals surface area (Å²) in [4.78, 5) is 2.33. The van der Waals surface area contributed by atoms with Gasteiger partial charge in [0.1, 0.15) is 0 Å². The predicted molar refractivity (Wildman–Crippen MR) is 77.1 cm³/mol. The summed E-state index contributed by atoms with van der Waals surface area (Å²) in [7, 11) is -2.88. The zero-order chi connectivity index (χ0) is 12.5. The largest absolute Gasteiger partial charge is 0.314 e. The van der Waals surface area contributed by atoms with Gasteiger partial charge in [-0.3, -0.25) is 0 Å². The molecule has 2 fully saturated rings. The lowest BCUT2D eigenvalue weighted by molar-refractivity contribution is 0.171. The molecule has 2 atom stereocenters. The Morgan fingerprint density at radius 3 is 2.72 bits per heavy atom. The van der Waals surface area contributed by atoms with E-state index in [1.165, 1.54) is 12.8 Å². The highest BCUT2D eigenvalue weighted by Gasteiger charge is 2.32. The molecule has 0 bridgehead atoms. The Labute approximate surface area is 117 Å². The van der Waals surface area contributed by atoms with Crippen molar-refractivity contribution in [2.24, 2.45) is 5.92 Å². The fraction of sp³-hybridized carbons (Fsp3) is 1.00. The van der Waals surface area contributed by atoms with Gasteiger partial charge in [0.05, 0.1) is 11.0 Å². The van der Waals surface area contributed by atoms with Crippen molar-refractivity contribution in [1.82, 2.24) is 10.2 Å². The monoisotopic (exact) mass is 296 g/mol. The minimum atomic E-state index is -2.88. The molecule has 108 valence electrons. The molecular weight excluding hydrogens is 272 g/mol. The number of piperidine rings is 1. The first-order chi connectivity index (χ1) is 7.99. The first kappa shape index (κ1) is 16.2. The van der Waals surface area contributed by atoms with Crippen LogP contribution in [0.15, 0.2) is 0 Å². The van der Waals surface area contributed by atoms with Crippen LogP contribution in [0.2, 0.25) is 0 Å². The van der Waals surface area contributed by atoms with E-state index in [0.29, 0.717) is 18.3 Å². The zero-order valence-electron chi connectivity index (χ0n) is 11.3. The number of hydrogen-bond donors (Lipinski definition) is 1. The van der Waals surface area contributed by atoms with Crippen molar-refractivity contribution in [3.05, 3.63) is 0 Å². The van der Waals surface area contributed by atoms with E-state index in [1.807, 2.05) is 0 Å². The van der Waals surface area contributed by atoms with Gasteiger partial charge in [0, 0.05) is 19.1 Å². The Balaban J connectivity index is 0.00000162. The summed E-state index contributed by atoms with van der Waals surface area (Å²) < 4.78 is 23.5. The predicted octanol–water partition coefficient (Wildman–Crippen LogP) is 0.915. The van der Waals surface area contributed by atoms with Gasteiger partial charge in [-0.2, -0.15) is 0 Å². The third-order valence-corrected chi connectivity index (χ3v) is 6.34. The molecule has 2 unspecified atom stereocenters. The summed E-state index contributed by atoms with van der Waals surface area (Å²) in [6.45, 7) is 7.50. The second kappa shape index (κ2) is 6.55. The number of likely N-dealkylation sites (tertiary alicyclic amines) is 1. The molecule has 0 aromatic carbocycles. The van der Waals surface area contributed by atoms with E-state index in [9.17, 15) is 8.42 Å². The summed E-state index contributed by atoms with van der Waals surface area (Å²) in [6, 6.07) is 0.688. The van der Waals surface area contributed by atoms with Crippen LogP contribution in [0, 0.1) is 5.92 Å². The highest BCUT2D eigenvalue weighted by Crippen LogP contribution is 2.24. The van der Waals surface area contributed by atoms with Gasteiger partial charge < -0.3 is 10.2 Å². The summed E-state index contributed by atoms with van der Waals surface area (Å²) >= 11 is 0. The molecule has 2 heterocycles. The lowest BCUT2D eigenvalue weighted by Gasteiger charge is -2.34. The topological polar surface area (TPSA) is 49.4 Å². The zero-order valence-corrected chi connectivity index (χ0v) is 12.9. The molecule has 0 radical (unpaired) electrons. The van der Waals surface area contributed by atoms with Crippen LogP contribution in [-0.4, -0.2) is 56.5 Å². The van der Waals surface area contributed by atoms with E-state index < -0.39 is 9.84 Å². The lowest BCUT2D eigenvalue weighted by Crippen LogP contribution is -2.46. The molecule has 2 aliphatic rings. The molecule has 2 saturated heterocycles. The molecule has 18 heavy (non-hydrogen) atoms. The van der Waals surface area contributed by atoms with Crippen LogP contribution in [-0.2, 0) is 9.84 Å². The molecule has 1 N–H and O–H groups in total. The van der Waals surface area contributed by atoms with Crippen LogP contribution in [0.25, 0.3) is 0 Å². The lowest BCUT2D eigenvalue weighted by atomic mass is 9.93. The normalized spacial score (nSPS) is 29.1. The fourth-order valence-electron chi connectivity index (χ4n) is 2.82. The van der Waals surface area contributed by atoms with Crippen LogP contribution >= 0.6 is 12.4 Å². The summed E-state index contributed by atoms with van der Waals surface area (Å²) in [5.41, 5.74) is 0.